The van der Waals surface area contributed by atoms with Crippen LogP contribution in [0.5, 0.6) is 0 Å². The summed E-state index contributed by atoms with van der Waals surface area (Å²) in [5.74, 6) is -1.21. The number of hydrogen-bond donors (Lipinski definition) is 1. The van der Waals surface area contributed by atoms with Gasteiger partial charge >= 0.3 is 6.18 Å². The Labute approximate surface area is 117 Å². The van der Waals surface area contributed by atoms with Crippen LogP contribution in [0.1, 0.15) is 51.2 Å². The molecule has 0 aliphatic rings. The Hall–Kier alpha value is -0.820. The molecule has 0 saturated heterocycles. The fourth-order valence-corrected chi connectivity index (χ4v) is 1.41. The lowest BCUT2D eigenvalue weighted by atomic mass is 9.89. The van der Waals surface area contributed by atoms with E-state index in [1.165, 1.54) is 6.07 Å². The van der Waals surface area contributed by atoms with Gasteiger partial charge in [-0.15, -0.1) is 0 Å². The summed E-state index contributed by atoms with van der Waals surface area (Å²) >= 11 is 0. The van der Waals surface area contributed by atoms with Gasteiger partial charge < -0.3 is 5.11 Å². The number of hydrogen-bond acceptors (Lipinski definition) is 3. The Kier molecular flexibility index (Phi) is 6.28. The molecule has 0 spiro atoms. The van der Waals surface area contributed by atoms with Gasteiger partial charge in [0.1, 0.15) is 0 Å². The van der Waals surface area contributed by atoms with E-state index < -0.39 is 18.1 Å². The van der Waals surface area contributed by atoms with Gasteiger partial charge in [-0.3, -0.25) is 0 Å². The van der Waals surface area contributed by atoms with E-state index in [9.17, 15) is 18.3 Å². The van der Waals surface area contributed by atoms with Crippen LogP contribution in [0, 0.1) is 5.41 Å². The van der Waals surface area contributed by atoms with Crippen molar-refractivity contribution < 1.29 is 18.3 Å². The Morgan fingerprint density at radius 1 is 1.26 bits per heavy atom. The first-order valence-electron chi connectivity index (χ1n) is 5.68. The van der Waals surface area contributed by atoms with E-state index in [1.807, 2.05) is 20.8 Å². The number of halogens is 3. The van der Waals surface area contributed by atoms with Gasteiger partial charge in [-0.2, -0.15) is 26.7 Å². The summed E-state index contributed by atoms with van der Waals surface area (Å²) in [5.41, 5.74) is 0.0301. The van der Waals surface area contributed by atoms with Crippen LogP contribution in [0.3, 0.4) is 0 Å². The smallest absolute Gasteiger partial charge is 0.387 e. The fourth-order valence-electron chi connectivity index (χ4n) is 1.41. The van der Waals surface area contributed by atoms with Crippen molar-refractivity contribution in [2.24, 2.45) is 5.41 Å². The predicted octanol–water partition coefficient (Wildman–Crippen LogP) is 3.47. The van der Waals surface area contributed by atoms with Crippen molar-refractivity contribution >= 4 is 13.5 Å². The Balaban J connectivity index is 0.00000324. The number of aliphatic hydroxyl groups excluding tert-OH is 1. The Morgan fingerprint density at radius 2 is 1.84 bits per heavy atom. The SMILES string of the molecule is CC(C)(C)CC[C@H](O)c1ccnc(C(F)(F)F)n1.S. The molecular weight excluding hydrogens is 277 g/mol. The normalized spacial score (nSPS) is 13.8. The summed E-state index contributed by atoms with van der Waals surface area (Å²) in [6.45, 7) is 6.00. The first kappa shape index (κ1) is 18.2. The summed E-state index contributed by atoms with van der Waals surface area (Å²) in [6.07, 6.45) is -3.49. The van der Waals surface area contributed by atoms with Crippen LogP contribution in [-0.4, -0.2) is 15.1 Å². The zero-order chi connectivity index (χ0) is 14.0. The summed E-state index contributed by atoms with van der Waals surface area (Å²) < 4.78 is 37.2. The monoisotopic (exact) mass is 296 g/mol. The lowest BCUT2D eigenvalue weighted by molar-refractivity contribution is -0.145. The van der Waals surface area contributed by atoms with Gasteiger partial charge in [-0.05, 0) is 24.3 Å². The maximum absolute atomic E-state index is 12.4. The number of aliphatic hydroxyl groups is 1. The van der Waals surface area contributed by atoms with Crippen LogP contribution in [0.4, 0.5) is 13.2 Å². The molecule has 0 aliphatic carbocycles. The molecule has 0 aliphatic heterocycles. The van der Waals surface area contributed by atoms with E-state index >= 15 is 0 Å². The molecular formula is C12H19F3N2OS. The van der Waals surface area contributed by atoms with Crippen molar-refractivity contribution in [2.45, 2.75) is 45.9 Å². The summed E-state index contributed by atoms with van der Waals surface area (Å²) in [5, 5.41) is 9.82. The molecule has 0 unspecified atom stereocenters. The number of rotatable bonds is 3. The van der Waals surface area contributed by atoms with Crippen molar-refractivity contribution in [3.8, 4) is 0 Å². The third-order valence-corrected chi connectivity index (χ3v) is 2.44. The minimum atomic E-state index is -4.58. The molecule has 0 radical (unpaired) electrons. The van der Waals surface area contributed by atoms with Gasteiger partial charge in [0.05, 0.1) is 11.8 Å². The maximum atomic E-state index is 12.4. The summed E-state index contributed by atoms with van der Waals surface area (Å²) in [4.78, 5) is 6.51. The van der Waals surface area contributed by atoms with Gasteiger partial charge in [0.25, 0.3) is 0 Å². The second-order valence-corrected chi connectivity index (χ2v) is 5.42. The summed E-state index contributed by atoms with van der Waals surface area (Å²) in [7, 11) is 0. The highest BCUT2D eigenvalue weighted by Gasteiger charge is 2.35. The first-order chi connectivity index (χ1) is 8.09. The predicted molar refractivity (Wildman–Crippen MR) is 71.1 cm³/mol. The molecule has 1 atom stereocenters. The van der Waals surface area contributed by atoms with Crippen molar-refractivity contribution in [1.82, 2.24) is 9.97 Å². The molecule has 3 nitrogen and oxygen atoms in total. The van der Waals surface area contributed by atoms with E-state index in [-0.39, 0.29) is 24.6 Å². The Bertz CT molecular complexity index is 405. The zero-order valence-corrected chi connectivity index (χ0v) is 12.1. The quantitative estimate of drug-likeness (QED) is 0.929. The highest BCUT2D eigenvalue weighted by molar-refractivity contribution is 7.59. The van der Waals surface area contributed by atoms with E-state index in [1.54, 1.807) is 0 Å². The lowest BCUT2D eigenvalue weighted by Gasteiger charge is -2.20. The van der Waals surface area contributed by atoms with Gasteiger partial charge in [0.15, 0.2) is 0 Å². The largest absolute Gasteiger partial charge is 0.451 e. The van der Waals surface area contributed by atoms with Crippen LogP contribution in [-0.2, 0) is 6.18 Å². The standard InChI is InChI=1S/C12H17F3N2O.H2S/c1-11(2,3)6-4-9(18)8-5-7-16-10(17-8)12(13,14)15;/h5,7,9,18H,4,6H2,1-3H3;1H2/t9-;/m0./s1. The molecule has 19 heavy (non-hydrogen) atoms. The fraction of sp³-hybridized carbons (Fsp3) is 0.667. The third kappa shape index (κ3) is 6.24. The van der Waals surface area contributed by atoms with E-state index in [0.29, 0.717) is 12.8 Å². The molecule has 110 valence electrons. The molecule has 0 bridgehead atoms. The minimum Gasteiger partial charge on any atom is -0.387 e. The van der Waals surface area contributed by atoms with Gasteiger partial charge in [0, 0.05) is 6.20 Å². The molecule has 0 amide bonds. The van der Waals surface area contributed by atoms with Crippen LogP contribution >= 0.6 is 13.5 Å². The Morgan fingerprint density at radius 3 is 2.32 bits per heavy atom. The molecule has 1 N–H and O–H groups in total. The molecule has 0 aromatic carbocycles. The van der Waals surface area contributed by atoms with Crippen molar-refractivity contribution in [2.75, 3.05) is 0 Å². The first-order valence-corrected chi connectivity index (χ1v) is 5.68. The second-order valence-electron chi connectivity index (χ2n) is 5.42. The molecule has 0 saturated carbocycles. The molecule has 1 aromatic rings. The van der Waals surface area contributed by atoms with Crippen molar-refractivity contribution in [1.29, 1.82) is 0 Å². The van der Waals surface area contributed by atoms with Crippen LogP contribution in [0.15, 0.2) is 12.3 Å². The van der Waals surface area contributed by atoms with Crippen LogP contribution < -0.4 is 0 Å². The maximum Gasteiger partial charge on any atom is 0.451 e. The van der Waals surface area contributed by atoms with Gasteiger partial charge in [-0.1, -0.05) is 20.8 Å². The van der Waals surface area contributed by atoms with E-state index in [0.717, 1.165) is 6.20 Å². The topological polar surface area (TPSA) is 46.0 Å². The van der Waals surface area contributed by atoms with Crippen LogP contribution in [0.2, 0.25) is 0 Å². The number of aromatic nitrogens is 2. The zero-order valence-electron chi connectivity index (χ0n) is 11.1. The van der Waals surface area contributed by atoms with Gasteiger partial charge in [-0.25, -0.2) is 9.97 Å². The van der Waals surface area contributed by atoms with E-state index in [4.69, 9.17) is 0 Å². The molecule has 1 rings (SSSR count). The average molecular weight is 296 g/mol. The van der Waals surface area contributed by atoms with Gasteiger partial charge in [0.2, 0.25) is 5.82 Å². The van der Waals surface area contributed by atoms with E-state index in [2.05, 4.69) is 9.97 Å². The van der Waals surface area contributed by atoms with Crippen LogP contribution in [0.25, 0.3) is 0 Å². The van der Waals surface area contributed by atoms with Crippen molar-refractivity contribution in [3.63, 3.8) is 0 Å². The minimum absolute atomic E-state index is 0. The molecule has 1 heterocycles. The molecule has 7 heteroatoms. The molecule has 1 aromatic heterocycles. The highest BCUT2D eigenvalue weighted by Crippen LogP contribution is 2.29. The number of nitrogens with zero attached hydrogens (tertiary/aromatic N) is 2. The summed E-state index contributed by atoms with van der Waals surface area (Å²) in [6, 6.07) is 1.31. The average Bonchev–Trinajstić information content (AvgIpc) is 2.24. The second kappa shape index (κ2) is 6.56. The third-order valence-electron chi connectivity index (χ3n) is 2.44. The van der Waals surface area contributed by atoms with Crippen molar-refractivity contribution in [3.05, 3.63) is 23.8 Å². The lowest BCUT2D eigenvalue weighted by Crippen LogP contribution is -2.14. The number of alkyl halides is 3. The molecule has 0 fully saturated rings. The highest BCUT2D eigenvalue weighted by atomic mass is 32.1.